The molecule has 4 N–H and O–H groups in total. The number of H-pyrrole nitrogens is 1. The molecule has 0 unspecified atom stereocenters. The number of nitrogens with zero attached hydrogens (tertiary/aromatic N) is 2. The molecular formula is C40H44N4O7S. The number of methoxy groups -OCH3 is 1. The number of piperazine rings is 1. The van der Waals surface area contributed by atoms with Crippen molar-refractivity contribution in [3.05, 3.63) is 80.5 Å². The predicted molar refractivity (Wildman–Crippen MR) is 196 cm³/mol. The molecule has 0 radical (unpaired) electrons. The van der Waals surface area contributed by atoms with Gasteiger partial charge < -0.3 is 34.1 Å². The number of benzene rings is 3. The molecule has 2 fully saturated rings. The summed E-state index contributed by atoms with van der Waals surface area (Å²) in [5, 5.41) is 29.2. The Bertz CT molecular complexity index is 2200. The number of hydrogen-bond donors (Lipinski definition) is 4. The number of ether oxygens (including phenoxy) is 4. The molecule has 1 aromatic heterocycles. The number of rotatable bonds is 1. The first-order chi connectivity index (χ1) is 25.1. The third-order valence-electron chi connectivity index (χ3n) is 13.0. The molecule has 3 aromatic carbocycles. The highest BCUT2D eigenvalue weighted by Gasteiger charge is 2.61. The van der Waals surface area contributed by atoms with Crippen LogP contribution < -0.4 is 19.5 Å². The van der Waals surface area contributed by atoms with Gasteiger partial charge in [0.15, 0.2) is 28.5 Å². The number of aromatic amines is 1. The monoisotopic (exact) mass is 724 g/mol. The Hall–Kier alpha value is -3.94. The van der Waals surface area contributed by atoms with Crippen LogP contribution in [0.5, 0.6) is 23.0 Å². The average Bonchev–Trinajstić information content (AvgIpc) is 3.76. The molecule has 1 spiro atoms. The number of aliphatic hydroxyl groups is 1. The summed E-state index contributed by atoms with van der Waals surface area (Å²) < 4.78 is 24.7. The molecule has 52 heavy (non-hydrogen) atoms. The van der Waals surface area contributed by atoms with Crippen molar-refractivity contribution in [2.75, 3.05) is 33.3 Å². The fraction of sp³-hybridized carbons (Fsp3) is 0.475. The number of phenols is 1. The first kappa shape index (κ1) is 32.7. The van der Waals surface area contributed by atoms with Crippen molar-refractivity contribution < 1.29 is 34.0 Å². The van der Waals surface area contributed by atoms with Crippen LogP contribution in [0.3, 0.4) is 0 Å². The second kappa shape index (κ2) is 11.3. The van der Waals surface area contributed by atoms with Crippen molar-refractivity contribution >= 4 is 28.6 Å². The van der Waals surface area contributed by atoms with E-state index in [0.29, 0.717) is 29.4 Å². The maximum Gasteiger partial charge on any atom is 0.333 e. The fourth-order valence-electron chi connectivity index (χ4n) is 10.7. The number of carbonyl (C=O) groups is 1. The number of aromatic hydroxyl groups is 1. The third-order valence-corrected chi connectivity index (χ3v) is 14.4. The summed E-state index contributed by atoms with van der Waals surface area (Å²) in [6, 6.07) is 8.92. The number of aromatic nitrogens is 1. The number of hydrogen-bond acceptors (Lipinski definition) is 11. The number of para-hydroxylation sites is 1. The standard InChI is InChI=1S/C40H44N4O7S/c1-17-11-21-13-25-38(46)44-26-14-49-39(47)40(37-23(12-18(2)42-40)22-9-7-8-10-24(22)41-37)15-52-36(27-19(3)20(4)34-35(29(26)27)51-16-50-34)31(44)30(43(25)5)28(21)32(45)33(17)48-6/h7-11,18,25-26,30-31,36,38,41-42,45-46H,12-16H2,1-6H3/t18-,25-,26-,30+,31+,36+,38-,40+/m0/s1. The quantitative estimate of drug-likeness (QED) is 0.199. The van der Waals surface area contributed by atoms with Crippen molar-refractivity contribution in [1.29, 1.82) is 0 Å². The van der Waals surface area contributed by atoms with Crippen LogP contribution in [0.2, 0.25) is 0 Å². The van der Waals surface area contributed by atoms with E-state index in [1.807, 2.05) is 19.1 Å². The summed E-state index contributed by atoms with van der Waals surface area (Å²) in [7, 11) is 3.65. The van der Waals surface area contributed by atoms with Gasteiger partial charge in [-0.1, -0.05) is 24.3 Å². The second-order valence-electron chi connectivity index (χ2n) is 15.5. The Balaban J connectivity index is 1.22. The molecule has 0 amide bonds. The van der Waals surface area contributed by atoms with Gasteiger partial charge in [-0.05, 0) is 87.0 Å². The summed E-state index contributed by atoms with van der Waals surface area (Å²) in [5.41, 5.74) is 8.71. The van der Waals surface area contributed by atoms with Crippen molar-refractivity contribution in [2.45, 2.75) is 87.8 Å². The molecule has 4 bridgehead atoms. The summed E-state index contributed by atoms with van der Waals surface area (Å²) >= 11 is 1.71. The van der Waals surface area contributed by atoms with E-state index in [1.165, 1.54) is 0 Å². The van der Waals surface area contributed by atoms with Gasteiger partial charge in [0, 0.05) is 45.1 Å². The number of fused-ring (bicyclic) bond motifs is 11. The molecule has 12 heteroatoms. The van der Waals surface area contributed by atoms with Crippen LogP contribution in [0.1, 0.15) is 74.5 Å². The van der Waals surface area contributed by atoms with E-state index in [0.717, 1.165) is 67.5 Å². The van der Waals surface area contributed by atoms with Crippen molar-refractivity contribution in [1.82, 2.24) is 20.1 Å². The first-order valence-corrected chi connectivity index (χ1v) is 19.3. The number of aryl methyl sites for hydroxylation is 1. The van der Waals surface area contributed by atoms with Gasteiger partial charge in [-0.25, -0.2) is 4.79 Å². The minimum atomic E-state index is -1.15. The molecule has 8 atom stereocenters. The highest BCUT2D eigenvalue weighted by atomic mass is 32.2. The van der Waals surface area contributed by atoms with Gasteiger partial charge in [-0.15, -0.1) is 11.8 Å². The van der Waals surface area contributed by atoms with Gasteiger partial charge in [-0.2, -0.15) is 0 Å². The average molecular weight is 725 g/mol. The number of nitrogens with one attached hydrogen (secondary N) is 2. The van der Waals surface area contributed by atoms with Crippen molar-refractivity contribution in [3.63, 3.8) is 0 Å². The van der Waals surface area contributed by atoms with Crippen molar-refractivity contribution in [2.24, 2.45) is 0 Å². The van der Waals surface area contributed by atoms with E-state index in [1.54, 1.807) is 18.9 Å². The molecule has 11 rings (SSSR count). The van der Waals surface area contributed by atoms with Crippen LogP contribution in [0.4, 0.5) is 0 Å². The van der Waals surface area contributed by atoms with Gasteiger partial charge in [-0.3, -0.25) is 15.1 Å². The van der Waals surface area contributed by atoms with E-state index in [-0.39, 0.29) is 54.5 Å². The highest BCUT2D eigenvalue weighted by molar-refractivity contribution is 7.99. The molecule has 8 heterocycles. The lowest BCUT2D eigenvalue weighted by Gasteiger charge is -2.62. The first-order valence-electron chi connectivity index (χ1n) is 18.2. The minimum Gasteiger partial charge on any atom is -0.504 e. The van der Waals surface area contributed by atoms with E-state index in [9.17, 15) is 15.0 Å². The zero-order valence-electron chi connectivity index (χ0n) is 30.2. The predicted octanol–water partition coefficient (Wildman–Crippen LogP) is 4.95. The largest absolute Gasteiger partial charge is 0.504 e. The maximum absolute atomic E-state index is 14.8. The van der Waals surface area contributed by atoms with E-state index < -0.39 is 17.8 Å². The van der Waals surface area contributed by atoms with Gasteiger partial charge in [0.2, 0.25) is 6.79 Å². The minimum absolute atomic E-state index is 0.00165. The number of esters is 1. The van der Waals surface area contributed by atoms with Crippen LogP contribution in [0.15, 0.2) is 30.3 Å². The van der Waals surface area contributed by atoms with E-state index in [2.05, 4.69) is 66.1 Å². The molecule has 11 nitrogen and oxygen atoms in total. The highest BCUT2D eigenvalue weighted by Crippen LogP contribution is 2.63. The van der Waals surface area contributed by atoms with Gasteiger partial charge >= 0.3 is 5.97 Å². The van der Waals surface area contributed by atoms with Gasteiger partial charge in [0.1, 0.15) is 12.8 Å². The van der Waals surface area contributed by atoms with Gasteiger partial charge in [0.25, 0.3) is 0 Å². The Morgan fingerprint density at radius 2 is 1.83 bits per heavy atom. The Kier molecular flexibility index (Phi) is 7.09. The zero-order chi connectivity index (χ0) is 36.0. The number of likely N-dealkylation sites (N-methyl/N-ethyl adjacent to an activating group) is 1. The smallest absolute Gasteiger partial charge is 0.333 e. The van der Waals surface area contributed by atoms with Crippen LogP contribution in [-0.4, -0.2) is 88.6 Å². The molecule has 0 saturated carbocycles. The third kappa shape index (κ3) is 4.10. The lowest BCUT2D eigenvalue weighted by molar-refractivity contribution is -0.186. The van der Waals surface area contributed by atoms with Crippen molar-refractivity contribution in [3.8, 4) is 23.0 Å². The Morgan fingerprint density at radius 1 is 1.04 bits per heavy atom. The number of thioether (sulfide) groups is 1. The topological polar surface area (TPSA) is 129 Å². The summed E-state index contributed by atoms with van der Waals surface area (Å²) in [4.78, 5) is 22.9. The fourth-order valence-corrected chi connectivity index (χ4v) is 12.4. The number of carbonyl (C=O) groups excluding carboxylic acids is 1. The molecule has 7 aliphatic heterocycles. The SMILES string of the molecule is COc1c(C)cc2c(c1O)[C@@H]1[C@@H]3[C@@H]4SC[C@]5(N[C@@H](C)Cc6c5[nH]c5ccccc65)C(=O)OC[C@@H](c5c6c(c(C)c(C)c54)OCO6)N3[C@@H](O)[C@H](C2)N1C. The van der Waals surface area contributed by atoms with Crippen LogP contribution in [-0.2, 0) is 27.9 Å². The summed E-state index contributed by atoms with van der Waals surface area (Å²) in [6.07, 6.45) is 0.426. The number of aliphatic hydroxyl groups excluding tert-OH is 1. The molecule has 7 aliphatic rings. The summed E-state index contributed by atoms with van der Waals surface area (Å²) in [5.74, 6) is 2.02. The molecular weight excluding hydrogens is 681 g/mol. The Morgan fingerprint density at radius 3 is 2.63 bits per heavy atom. The summed E-state index contributed by atoms with van der Waals surface area (Å²) in [6.45, 7) is 8.40. The number of phenolic OH excluding ortho intramolecular Hbond substituents is 1. The lowest BCUT2D eigenvalue weighted by Crippen LogP contribution is -2.70. The normalized spacial score (nSPS) is 31.9. The molecule has 272 valence electrons. The van der Waals surface area contributed by atoms with E-state index >= 15 is 0 Å². The Labute approximate surface area is 306 Å². The van der Waals surface area contributed by atoms with Gasteiger partial charge in [0.05, 0.1) is 30.9 Å². The zero-order valence-corrected chi connectivity index (χ0v) is 31.0. The van der Waals surface area contributed by atoms with Crippen LogP contribution in [0.25, 0.3) is 10.9 Å². The van der Waals surface area contributed by atoms with Crippen LogP contribution >= 0.6 is 11.8 Å². The van der Waals surface area contributed by atoms with Crippen LogP contribution in [0, 0.1) is 20.8 Å². The molecule has 4 aromatic rings. The molecule has 2 saturated heterocycles. The second-order valence-corrected chi connectivity index (χ2v) is 16.7. The van der Waals surface area contributed by atoms with E-state index in [4.69, 9.17) is 18.9 Å². The lowest BCUT2D eigenvalue weighted by atomic mass is 9.72. The molecule has 0 aliphatic carbocycles. The maximum atomic E-state index is 14.8.